The maximum atomic E-state index is 12.4. The zero-order valence-corrected chi connectivity index (χ0v) is 14.8. The molecular weight excluding hydrogens is 336 g/mol. The van der Waals surface area contributed by atoms with E-state index < -0.39 is 5.91 Å². The summed E-state index contributed by atoms with van der Waals surface area (Å²) in [4.78, 5) is 37.3. The molecule has 0 aliphatic carbocycles. The molecule has 0 radical (unpaired) electrons. The van der Waals surface area contributed by atoms with E-state index in [1.807, 2.05) is 0 Å². The lowest BCUT2D eigenvalue weighted by atomic mass is 9.97. The summed E-state index contributed by atoms with van der Waals surface area (Å²) >= 11 is 0. The van der Waals surface area contributed by atoms with Crippen LogP contribution in [0.25, 0.3) is 0 Å². The molecule has 0 aromatic heterocycles. The summed E-state index contributed by atoms with van der Waals surface area (Å²) in [7, 11) is 0. The van der Waals surface area contributed by atoms with E-state index in [2.05, 4.69) is 5.32 Å². The van der Waals surface area contributed by atoms with Gasteiger partial charge in [0.2, 0.25) is 17.7 Å². The fraction of sp³-hybridized carbons (Fsp3) is 0.500. The Bertz CT molecular complexity index is 650. The average Bonchev–Trinajstić information content (AvgIpc) is 2.66. The van der Waals surface area contributed by atoms with E-state index in [-0.39, 0.29) is 30.8 Å². The zero-order chi connectivity index (χ0) is 18.9. The molecule has 5 N–H and O–H groups in total. The zero-order valence-electron chi connectivity index (χ0n) is 14.8. The van der Waals surface area contributed by atoms with Gasteiger partial charge >= 0.3 is 0 Å². The van der Waals surface area contributed by atoms with Gasteiger partial charge in [-0.15, -0.1) is 0 Å². The molecule has 1 heterocycles. The first-order valence-corrected chi connectivity index (χ1v) is 8.79. The number of amides is 3. The topological polar surface area (TPSA) is 128 Å². The molecule has 0 saturated carbocycles. The minimum atomic E-state index is -0.529. The first-order valence-electron chi connectivity index (χ1n) is 8.79. The van der Waals surface area contributed by atoms with Crippen LogP contribution in [0.2, 0.25) is 0 Å². The SMILES string of the molecule is NCCNC(=O)C1CCCN(C(=O)CCOc2cccc(C(N)=O)c2)C1. The Labute approximate surface area is 152 Å². The quantitative estimate of drug-likeness (QED) is 0.593. The van der Waals surface area contributed by atoms with Crippen molar-refractivity contribution in [2.24, 2.45) is 17.4 Å². The number of hydrogen-bond acceptors (Lipinski definition) is 5. The van der Waals surface area contributed by atoms with Crippen molar-refractivity contribution in [2.45, 2.75) is 19.3 Å². The molecule has 1 aliphatic rings. The van der Waals surface area contributed by atoms with Crippen LogP contribution in [0.15, 0.2) is 24.3 Å². The van der Waals surface area contributed by atoms with Gasteiger partial charge in [-0.1, -0.05) is 6.07 Å². The van der Waals surface area contributed by atoms with E-state index >= 15 is 0 Å². The smallest absolute Gasteiger partial charge is 0.248 e. The van der Waals surface area contributed by atoms with Crippen molar-refractivity contribution in [3.63, 3.8) is 0 Å². The molecule has 1 aromatic carbocycles. The molecule has 26 heavy (non-hydrogen) atoms. The van der Waals surface area contributed by atoms with Crippen molar-refractivity contribution in [3.8, 4) is 5.75 Å². The van der Waals surface area contributed by atoms with E-state index in [9.17, 15) is 14.4 Å². The summed E-state index contributed by atoms with van der Waals surface area (Å²) < 4.78 is 5.54. The van der Waals surface area contributed by atoms with Gasteiger partial charge < -0.3 is 26.4 Å². The number of nitrogens with zero attached hydrogens (tertiary/aromatic N) is 1. The molecule has 1 atom stereocenters. The number of ether oxygens (including phenoxy) is 1. The van der Waals surface area contributed by atoms with Gasteiger partial charge in [0.05, 0.1) is 18.9 Å². The molecule has 1 saturated heterocycles. The minimum absolute atomic E-state index is 0.0486. The highest BCUT2D eigenvalue weighted by Crippen LogP contribution is 2.18. The third kappa shape index (κ3) is 5.73. The molecule has 8 nitrogen and oxygen atoms in total. The van der Waals surface area contributed by atoms with Crippen molar-refractivity contribution < 1.29 is 19.1 Å². The van der Waals surface area contributed by atoms with Crippen LogP contribution >= 0.6 is 0 Å². The first kappa shape index (κ1) is 19.7. The summed E-state index contributed by atoms with van der Waals surface area (Å²) in [6.45, 7) is 2.11. The third-order valence-electron chi connectivity index (χ3n) is 4.29. The number of carbonyl (C=O) groups is 3. The van der Waals surface area contributed by atoms with Crippen molar-refractivity contribution in [1.82, 2.24) is 10.2 Å². The molecule has 0 spiro atoms. The second-order valence-electron chi connectivity index (χ2n) is 6.25. The summed E-state index contributed by atoms with van der Waals surface area (Å²) in [5.41, 5.74) is 11.0. The van der Waals surface area contributed by atoms with Crippen LogP contribution in [0.5, 0.6) is 5.75 Å². The monoisotopic (exact) mass is 362 g/mol. The number of carbonyl (C=O) groups excluding carboxylic acids is 3. The van der Waals surface area contributed by atoms with E-state index in [0.717, 1.165) is 12.8 Å². The standard InChI is InChI=1S/C18H26N4O4/c19-7-8-21-18(25)14-4-2-9-22(12-14)16(23)6-10-26-15-5-1-3-13(11-15)17(20)24/h1,3,5,11,14H,2,4,6-10,12,19H2,(H2,20,24)(H,21,25). The van der Waals surface area contributed by atoms with Gasteiger partial charge in [0.25, 0.3) is 0 Å². The number of benzene rings is 1. The number of nitrogens with two attached hydrogens (primary N) is 2. The Hall–Kier alpha value is -2.61. The molecule has 1 aliphatic heterocycles. The molecule has 2 rings (SSSR count). The van der Waals surface area contributed by atoms with Gasteiger partial charge in [0.1, 0.15) is 5.75 Å². The van der Waals surface area contributed by atoms with Crippen LogP contribution in [0.1, 0.15) is 29.6 Å². The summed E-state index contributed by atoms with van der Waals surface area (Å²) in [6, 6.07) is 6.53. The van der Waals surface area contributed by atoms with Gasteiger partial charge in [-0.25, -0.2) is 0 Å². The predicted molar refractivity (Wildman–Crippen MR) is 96.4 cm³/mol. The van der Waals surface area contributed by atoms with Crippen molar-refractivity contribution in [3.05, 3.63) is 29.8 Å². The normalized spacial score (nSPS) is 16.8. The van der Waals surface area contributed by atoms with Crippen LogP contribution in [-0.4, -0.2) is 55.4 Å². The third-order valence-corrected chi connectivity index (χ3v) is 4.29. The maximum Gasteiger partial charge on any atom is 0.248 e. The van der Waals surface area contributed by atoms with E-state index in [1.54, 1.807) is 29.2 Å². The molecule has 1 fully saturated rings. The minimum Gasteiger partial charge on any atom is -0.493 e. The molecule has 8 heteroatoms. The van der Waals surface area contributed by atoms with E-state index in [0.29, 0.717) is 37.5 Å². The fourth-order valence-corrected chi connectivity index (χ4v) is 2.91. The highest BCUT2D eigenvalue weighted by Gasteiger charge is 2.27. The van der Waals surface area contributed by atoms with Gasteiger partial charge in [0.15, 0.2) is 0 Å². The van der Waals surface area contributed by atoms with E-state index in [1.165, 1.54) is 0 Å². The van der Waals surface area contributed by atoms with Crippen LogP contribution in [0.4, 0.5) is 0 Å². The number of nitrogens with one attached hydrogen (secondary N) is 1. The Morgan fingerprint density at radius 3 is 2.85 bits per heavy atom. The summed E-state index contributed by atoms with van der Waals surface area (Å²) in [5.74, 6) is -0.321. The van der Waals surface area contributed by atoms with Gasteiger partial charge in [-0.3, -0.25) is 14.4 Å². The second-order valence-corrected chi connectivity index (χ2v) is 6.25. The summed E-state index contributed by atoms with van der Waals surface area (Å²) in [5, 5.41) is 2.78. The number of primary amides is 1. The van der Waals surface area contributed by atoms with Gasteiger partial charge in [-0.05, 0) is 31.0 Å². The van der Waals surface area contributed by atoms with Crippen LogP contribution < -0.4 is 21.5 Å². The first-order chi connectivity index (χ1) is 12.5. The molecule has 1 aromatic rings. The molecule has 1 unspecified atom stereocenters. The molecule has 142 valence electrons. The lowest BCUT2D eigenvalue weighted by Crippen LogP contribution is -2.46. The van der Waals surface area contributed by atoms with Gasteiger partial charge in [-0.2, -0.15) is 0 Å². The number of likely N-dealkylation sites (tertiary alicyclic amines) is 1. The highest BCUT2D eigenvalue weighted by atomic mass is 16.5. The second kappa shape index (κ2) is 9.76. The van der Waals surface area contributed by atoms with Crippen LogP contribution in [-0.2, 0) is 9.59 Å². The number of rotatable bonds is 8. The Balaban J connectivity index is 1.79. The largest absolute Gasteiger partial charge is 0.493 e. The van der Waals surface area contributed by atoms with Crippen LogP contribution in [0.3, 0.4) is 0 Å². The van der Waals surface area contributed by atoms with E-state index in [4.69, 9.17) is 16.2 Å². The maximum absolute atomic E-state index is 12.4. The van der Waals surface area contributed by atoms with Crippen molar-refractivity contribution in [1.29, 1.82) is 0 Å². The molecular formula is C18H26N4O4. The lowest BCUT2D eigenvalue weighted by Gasteiger charge is -2.32. The Morgan fingerprint density at radius 1 is 1.31 bits per heavy atom. The summed E-state index contributed by atoms with van der Waals surface area (Å²) in [6.07, 6.45) is 1.78. The van der Waals surface area contributed by atoms with Gasteiger partial charge in [0, 0.05) is 31.7 Å². The predicted octanol–water partition coefficient (Wildman–Crippen LogP) is -0.132. The molecule has 0 bridgehead atoms. The fourth-order valence-electron chi connectivity index (χ4n) is 2.91. The van der Waals surface area contributed by atoms with Crippen LogP contribution in [0, 0.1) is 5.92 Å². The Kier molecular flexibility index (Phi) is 7.40. The lowest BCUT2D eigenvalue weighted by molar-refractivity contribution is -0.136. The number of hydrogen-bond donors (Lipinski definition) is 3. The highest BCUT2D eigenvalue weighted by molar-refractivity contribution is 5.93. The van der Waals surface area contributed by atoms with Crippen molar-refractivity contribution >= 4 is 17.7 Å². The van der Waals surface area contributed by atoms with Crippen molar-refractivity contribution in [2.75, 3.05) is 32.8 Å². The number of piperidine rings is 1. The Morgan fingerprint density at radius 2 is 2.12 bits per heavy atom. The average molecular weight is 362 g/mol. The molecule has 3 amide bonds.